The largest absolute Gasteiger partial charge is 0.404 e. The van der Waals surface area contributed by atoms with Crippen molar-refractivity contribution in [2.45, 2.75) is 6.10 Å². The van der Waals surface area contributed by atoms with Crippen molar-refractivity contribution in [2.24, 2.45) is 7.05 Å². The molecular formula is C9H13N5O4. The van der Waals surface area contributed by atoms with Crippen LogP contribution in [0.3, 0.4) is 0 Å². The van der Waals surface area contributed by atoms with Crippen molar-refractivity contribution in [3.8, 4) is 0 Å². The van der Waals surface area contributed by atoms with E-state index in [1.54, 1.807) is 0 Å². The van der Waals surface area contributed by atoms with E-state index in [9.17, 15) is 4.79 Å². The van der Waals surface area contributed by atoms with E-state index in [0.717, 1.165) is 9.30 Å². The monoisotopic (exact) mass is 255 g/mol. The number of hydrogen-bond donors (Lipinski definition) is 3. The van der Waals surface area contributed by atoms with Crippen LogP contribution in [-0.4, -0.2) is 48.8 Å². The lowest BCUT2D eigenvalue weighted by Gasteiger charge is -2.14. The summed E-state index contributed by atoms with van der Waals surface area (Å²) in [7, 11) is 1.47. The van der Waals surface area contributed by atoms with Crippen molar-refractivity contribution >= 4 is 17.1 Å². The summed E-state index contributed by atoms with van der Waals surface area (Å²) in [5.74, 6) is 0.0404. The van der Waals surface area contributed by atoms with Crippen LogP contribution < -0.4 is 16.1 Å². The summed E-state index contributed by atoms with van der Waals surface area (Å²) in [6.45, 7) is -0.780. The van der Waals surface area contributed by atoms with Gasteiger partial charge in [0.1, 0.15) is 6.33 Å². The molecule has 9 heteroatoms. The maximum Gasteiger partial charge on any atom is 0.284 e. The number of hydrogen-bond acceptors (Lipinski definition) is 7. The summed E-state index contributed by atoms with van der Waals surface area (Å²) in [6.07, 6.45) is 0.390. The Morgan fingerprint density at radius 3 is 2.78 bits per heavy atom. The molecule has 2 heterocycles. The van der Waals surface area contributed by atoms with Crippen LogP contribution in [0.4, 0.5) is 5.95 Å². The second-order valence-electron chi connectivity index (χ2n) is 3.67. The zero-order valence-electron chi connectivity index (χ0n) is 9.65. The average molecular weight is 255 g/mol. The first kappa shape index (κ1) is 12.3. The van der Waals surface area contributed by atoms with Crippen LogP contribution in [-0.2, 0) is 7.05 Å². The fourth-order valence-corrected chi connectivity index (χ4v) is 1.41. The van der Waals surface area contributed by atoms with Crippen molar-refractivity contribution in [3.05, 3.63) is 16.7 Å². The number of nitrogens with zero attached hydrogens (tertiary/aromatic N) is 4. The van der Waals surface area contributed by atoms with Crippen molar-refractivity contribution in [2.75, 3.05) is 18.9 Å². The highest BCUT2D eigenvalue weighted by molar-refractivity contribution is 5.70. The lowest BCUT2D eigenvalue weighted by Crippen LogP contribution is -2.33. The Morgan fingerprint density at radius 1 is 1.50 bits per heavy atom. The Bertz CT molecular complexity index is 615. The molecule has 98 valence electrons. The Labute approximate surface area is 101 Å². The van der Waals surface area contributed by atoms with Gasteiger partial charge >= 0.3 is 0 Å². The summed E-state index contributed by atoms with van der Waals surface area (Å²) < 4.78 is 2.22. The molecule has 0 aliphatic carbocycles. The molecule has 2 aromatic heterocycles. The minimum absolute atomic E-state index is 0.0404. The molecule has 0 aliphatic heterocycles. The maximum absolute atomic E-state index is 12.0. The number of nitrogen functional groups attached to an aromatic ring is 1. The molecule has 4 N–H and O–H groups in total. The third kappa shape index (κ3) is 1.89. The van der Waals surface area contributed by atoms with Gasteiger partial charge in [0, 0.05) is 7.05 Å². The van der Waals surface area contributed by atoms with Gasteiger partial charge in [-0.1, -0.05) is 0 Å². The zero-order chi connectivity index (χ0) is 13.3. The first-order valence-corrected chi connectivity index (χ1v) is 5.17. The third-order valence-corrected chi connectivity index (χ3v) is 2.46. The second-order valence-corrected chi connectivity index (χ2v) is 3.67. The molecule has 0 bridgehead atoms. The maximum atomic E-state index is 12.0. The van der Waals surface area contributed by atoms with Crippen LogP contribution in [0.1, 0.15) is 0 Å². The molecule has 0 saturated heterocycles. The predicted molar refractivity (Wildman–Crippen MR) is 61.7 cm³/mol. The molecule has 2 aromatic rings. The van der Waals surface area contributed by atoms with Gasteiger partial charge in [-0.15, -0.1) is 0 Å². The number of imidazole rings is 1. The number of fused-ring (bicyclic) bond motifs is 1. The fourth-order valence-electron chi connectivity index (χ4n) is 1.41. The van der Waals surface area contributed by atoms with Gasteiger partial charge in [0.15, 0.2) is 17.3 Å². The fraction of sp³-hybridized carbons (Fsp3) is 0.444. The van der Waals surface area contributed by atoms with Gasteiger partial charge in [0.25, 0.3) is 5.56 Å². The average Bonchev–Trinajstić information content (AvgIpc) is 2.76. The number of anilines is 1. The molecule has 0 aliphatic rings. The molecule has 9 nitrogen and oxygen atoms in total. The first-order valence-electron chi connectivity index (χ1n) is 5.17. The second kappa shape index (κ2) is 4.63. The minimum Gasteiger partial charge on any atom is -0.404 e. The number of aromatic nitrogens is 4. The standard InChI is InChI=1S/C9H13N5O4/c1-13-8(17)6-7(12-9(13)10)11-4-14(6)18-5(2-15)3-16/h4-5,15-16H,2-3H2,1H3,(H2,10,12). The van der Waals surface area contributed by atoms with Crippen molar-refractivity contribution in [3.63, 3.8) is 0 Å². The zero-order valence-corrected chi connectivity index (χ0v) is 9.65. The Balaban J connectivity index is 2.54. The van der Waals surface area contributed by atoms with E-state index >= 15 is 0 Å². The van der Waals surface area contributed by atoms with Gasteiger partial charge in [-0.2, -0.15) is 9.71 Å². The molecule has 2 rings (SSSR count). The van der Waals surface area contributed by atoms with Crippen molar-refractivity contribution in [1.29, 1.82) is 0 Å². The lowest BCUT2D eigenvalue weighted by atomic mass is 10.4. The van der Waals surface area contributed by atoms with E-state index in [4.69, 9.17) is 20.8 Å². The SMILES string of the molecule is Cn1c(N)nc2ncn(OC(CO)CO)c2c1=O. The molecule has 0 fully saturated rings. The molecule has 0 spiro atoms. The van der Waals surface area contributed by atoms with Crippen LogP contribution in [0.25, 0.3) is 11.2 Å². The smallest absolute Gasteiger partial charge is 0.284 e. The molecule has 0 saturated carbocycles. The summed E-state index contributed by atoms with van der Waals surface area (Å²) >= 11 is 0. The molecule has 0 aromatic carbocycles. The lowest BCUT2D eigenvalue weighted by molar-refractivity contribution is -0.0237. The number of nitrogens with two attached hydrogens (primary N) is 1. The number of rotatable bonds is 4. The summed E-state index contributed by atoms with van der Waals surface area (Å²) in [4.78, 5) is 25.0. The first-order chi connectivity index (χ1) is 8.58. The van der Waals surface area contributed by atoms with Gasteiger partial charge in [0.05, 0.1) is 13.2 Å². The van der Waals surface area contributed by atoms with Crippen molar-refractivity contribution < 1.29 is 15.1 Å². The molecule has 0 amide bonds. The van der Waals surface area contributed by atoms with E-state index < -0.39 is 11.7 Å². The van der Waals surface area contributed by atoms with Gasteiger partial charge in [0.2, 0.25) is 5.95 Å². The molecule has 0 radical (unpaired) electrons. The van der Waals surface area contributed by atoms with E-state index in [1.165, 1.54) is 13.4 Å². The van der Waals surface area contributed by atoms with Crippen LogP contribution >= 0.6 is 0 Å². The topological polar surface area (TPSA) is 128 Å². The van der Waals surface area contributed by atoms with Crippen LogP contribution in [0, 0.1) is 0 Å². The molecule has 18 heavy (non-hydrogen) atoms. The van der Waals surface area contributed by atoms with E-state index in [2.05, 4.69) is 9.97 Å². The van der Waals surface area contributed by atoms with Gasteiger partial charge in [-0.3, -0.25) is 9.36 Å². The van der Waals surface area contributed by atoms with E-state index in [0.29, 0.717) is 0 Å². The minimum atomic E-state index is -0.843. The molecule has 0 unspecified atom stereocenters. The Morgan fingerprint density at radius 2 is 2.17 bits per heavy atom. The van der Waals surface area contributed by atoms with Gasteiger partial charge in [-0.25, -0.2) is 4.98 Å². The summed E-state index contributed by atoms with van der Waals surface area (Å²) in [5.41, 5.74) is 5.34. The normalized spacial score (nSPS) is 11.3. The van der Waals surface area contributed by atoms with Gasteiger partial charge < -0.3 is 20.8 Å². The highest BCUT2D eigenvalue weighted by Crippen LogP contribution is 2.06. The Hall–Kier alpha value is -2.13. The van der Waals surface area contributed by atoms with E-state index in [-0.39, 0.29) is 30.3 Å². The Kier molecular flexibility index (Phi) is 3.17. The van der Waals surface area contributed by atoms with E-state index in [1.807, 2.05) is 0 Å². The van der Waals surface area contributed by atoms with Crippen LogP contribution in [0.5, 0.6) is 0 Å². The predicted octanol–water partition coefficient (Wildman–Crippen LogP) is -2.51. The molecular weight excluding hydrogens is 242 g/mol. The molecule has 0 atom stereocenters. The quantitative estimate of drug-likeness (QED) is 0.550. The summed E-state index contributed by atoms with van der Waals surface area (Å²) in [6, 6.07) is 0. The summed E-state index contributed by atoms with van der Waals surface area (Å²) in [5, 5.41) is 17.9. The van der Waals surface area contributed by atoms with Crippen LogP contribution in [0.2, 0.25) is 0 Å². The van der Waals surface area contributed by atoms with Crippen LogP contribution in [0.15, 0.2) is 11.1 Å². The van der Waals surface area contributed by atoms with Gasteiger partial charge in [-0.05, 0) is 0 Å². The van der Waals surface area contributed by atoms with Crippen molar-refractivity contribution in [1.82, 2.24) is 19.3 Å². The number of aliphatic hydroxyl groups is 2. The number of aliphatic hydroxyl groups excluding tert-OH is 2. The highest BCUT2D eigenvalue weighted by Gasteiger charge is 2.16. The highest BCUT2D eigenvalue weighted by atomic mass is 16.7. The third-order valence-electron chi connectivity index (χ3n) is 2.46.